The molecule has 0 aromatic carbocycles. The van der Waals surface area contributed by atoms with E-state index in [4.69, 9.17) is 0 Å². The Morgan fingerprint density at radius 3 is 2.58 bits per heavy atom. The van der Waals surface area contributed by atoms with Crippen LogP contribution in [0.4, 0.5) is 5.95 Å². The topological polar surface area (TPSA) is 107 Å². The number of carbonyl (C=O) groups is 2. The van der Waals surface area contributed by atoms with Crippen molar-refractivity contribution in [2.45, 2.75) is 46.0 Å². The number of carbonyl (C=O) groups excluding carboxylic acids is 2. The zero-order valence-electron chi connectivity index (χ0n) is 14.2. The molecule has 1 saturated carbocycles. The molecule has 8 nitrogen and oxygen atoms in total. The van der Waals surface area contributed by atoms with Crippen LogP contribution in [0.5, 0.6) is 0 Å². The van der Waals surface area contributed by atoms with Crippen molar-refractivity contribution in [1.29, 1.82) is 0 Å². The van der Waals surface area contributed by atoms with Crippen LogP contribution in [0.15, 0.2) is 6.07 Å². The van der Waals surface area contributed by atoms with Crippen LogP contribution in [0.25, 0.3) is 0 Å². The molecule has 0 saturated heterocycles. The molecule has 1 aromatic heterocycles. The van der Waals surface area contributed by atoms with Crippen LogP contribution in [-0.4, -0.2) is 39.1 Å². The Kier molecular flexibility index (Phi) is 6.48. The summed E-state index contributed by atoms with van der Waals surface area (Å²) in [5.74, 6) is 0.00207. The first-order valence-electron chi connectivity index (χ1n) is 8.27. The Labute approximate surface area is 141 Å². The smallest absolute Gasteiger partial charge is 0.243 e. The molecule has 1 aliphatic carbocycles. The molecule has 3 N–H and O–H groups in total. The van der Waals surface area contributed by atoms with Gasteiger partial charge in [0, 0.05) is 11.4 Å². The largest absolute Gasteiger partial charge is 0.286 e. The Hall–Kier alpha value is -2.22. The van der Waals surface area contributed by atoms with Gasteiger partial charge < -0.3 is 0 Å². The maximum Gasteiger partial charge on any atom is 0.243 e. The second-order valence-corrected chi connectivity index (χ2v) is 6.40. The molecule has 2 amide bonds. The highest BCUT2D eigenvalue weighted by atomic mass is 16.5. The molecule has 24 heavy (non-hydrogen) atoms. The number of hydrogen-bond acceptors (Lipinski definition) is 6. The van der Waals surface area contributed by atoms with Crippen molar-refractivity contribution >= 4 is 18.3 Å². The molecule has 1 aromatic rings. The first-order chi connectivity index (χ1) is 11.5. The summed E-state index contributed by atoms with van der Waals surface area (Å²) in [5, 5.41) is 9.97. The van der Waals surface area contributed by atoms with Gasteiger partial charge in [-0.3, -0.25) is 25.6 Å². The van der Waals surface area contributed by atoms with Gasteiger partial charge in [-0.15, -0.1) is 0 Å². The lowest BCUT2D eigenvalue weighted by Gasteiger charge is -2.22. The van der Waals surface area contributed by atoms with Crippen molar-refractivity contribution in [2.75, 3.05) is 12.0 Å². The van der Waals surface area contributed by atoms with Gasteiger partial charge in [-0.1, -0.05) is 25.7 Å². The average Bonchev–Trinajstić information content (AvgIpc) is 3.04. The van der Waals surface area contributed by atoms with Crippen molar-refractivity contribution in [2.24, 2.45) is 11.8 Å². The molecule has 8 heteroatoms. The van der Waals surface area contributed by atoms with E-state index >= 15 is 0 Å². The summed E-state index contributed by atoms with van der Waals surface area (Å²) in [6.45, 7) is 3.66. The molecule has 2 rings (SSSR count). The number of hydrogen-bond donors (Lipinski definition) is 3. The lowest BCUT2D eigenvalue weighted by molar-refractivity contribution is -0.154. The summed E-state index contributed by atoms with van der Waals surface area (Å²) in [5.41, 5.74) is 6.89. The van der Waals surface area contributed by atoms with Crippen molar-refractivity contribution in [1.82, 2.24) is 20.5 Å². The number of rotatable bonds is 8. The predicted molar refractivity (Wildman–Crippen MR) is 87.9 cm³/mol. The normalized spacial score (nSPS) is 15.8. The van der Waals surface area contributed by atoms with Crippen LogP contribution in [0, 0.1) is 25.7 Å². The molecule has 1 aliphatic rings. The predicted octanol–water partition coefficient (Wildman–Crippen LogP) is 1.58. The fourth-order valence-corrected chi connectivity index (χ4v) is 3.18. The molecule has 132 valence electrons. The molecule has 0 bridgehead atoms. The van der Waals surface area contributed by atoms with Crippen LogP contribution in [0.3, 0.4) is 0 Å². The standard InChI is InChI=1S/C16H25N5O3/c1-11-7-12(2)18-16(17-11)20-19-15(23)14(9-21(24)10-22)8-13-5-3-4-6-13/h7,10,13-14,24H,3-6,8-9H2,1-2H3,(H,19,23)(H,17,18,20)/t14-/m1/s1. The Bertz CT molecular complexity index is 555. The van der Waals surface area contributed by atoms with E-state index in [2.05, 4.69) is 20.8 Å². The van der Waals surface area contributed by atoms with Gasteiger partial charge in [0.1, 0.15) is 0 Å². The Balaban J connectivity index is 1.95. The first-order valence-corrected chi connectivity index (χ1v) is 8.27. The summed E-state index contributed by atoms with van der Waals surface area (Å²) >= 11 is 0. The van der Waals surface area contributed by atoms with E-state index in [1.54, 1.807) is 0 Å². The van der Waals surface area contributed by atoms with Crippen LogP contribution >= 0.6 is 0 Å². The lowest BCUT2D eigenvalue weighted by atomic mass is 9.92. The maximum atomic E-state index is 12.4. The molecule has 0 aliphatic heterocycles. The molecule has 1 heterocycles. The molecule has 1 atom stereocenters. The van der Waals surface area contributed by atoms with Gasteiger partial charge in [0.25, 0.3) is 0 Å². The average molecular weight is 335 g/mol. The van der Waals surface area contributed by atoms with Crippen LogP contribution < -0.4 is 10.9 Å². The summed E-state index contributed by atoms with van der Waals surface area (Å²) in [6, 6.07) is 1.84. The summed E-state index contributed by atoms with van der Waals surface area (Å²) in [7, 11) is 0. The van der Waals surface area contributed by atoms with Gasteiger partial charge in [0.2, 0.25) is 18.3 Å². The fraction of sp³-hybridized carbons (Fsp3) is 0.625. The minimum atomic E-state index is -0.485. The SMILES string of the molecule is Cc1cc(C)nc(NNC(=O)[C@H](CC2CCCC2)CN(O)C=O)n1. The Morgan fingerprint density at radius 1 is 1.38 bits per heavy atom. The van der Waals surface area contributed by atoms with Crippen molar-refractivity contribution < 1.29 is 14.8 Å². The van der Waals surface area contributed by atoms with Crippen LogP contribution in [0.2, 0.25) is 0 Å². The first kappa shape index (κ1) is 18.1. The lowest BCUT2D eigenvalue weighted by Crippen LogP contribution is -2.41. The third-order valence-electron chi connectivity index (χ3n) is 4.27. The zero-order valence-corrected chi connectivity index (χ0v) is 14.2. The summed E-state index contributed by atoms with van der Waals surface area (Å²) < 4.78 is 0. The van der Waals surface area contributed by atoms with Gasteiger partial charge in [0.15, 0.2) is 0 Å². The summed E-state index contributed by atoms with van der Waals surface area (Å²) in [6.07, 6.45) is 5.48. The van der Waals surface area contributed by atoms with Gasteiger partial charge in [-0.25, -0.2) is 15.0 Å². The van der Waals surface area contributed by atoms with Gasteiger partial charge in [-0.05, 0) is 32.3 Å². The van der Waals surface area contributed by atoms with E-state index < -0.39 is 5.92 Å². The fourth-order valence-electron chi connectivity index (χ4n) is 3.18. The summed E-state index contributed by atoms with van der Waals surface area (Å²) in [4.78, 5) is 31.5. The number of aromatic nitrogens is 2. The third-order valence-corrected chi connectivity index (χ3v) is 4.27. The van der Waals surface area contributed by atoms with E-state index in [1.165, 1.54) is 12.8 Å². The van der Waals surface area contributed by atoms with Crippen molar-refractivity contribution in [3.8, 4) is 0 Å². The number of hydroxylamine groups is 2. The molecular weight excluding hydrogens is 310 g/mol. The quantitative estimate of drug-likeness (QED) is 0.378. The van der Waals surface area contributed by atoms with Crippen LogP contribution in [0.1, 0.15) is 43.5 Å². The van der Waals surface area contributed by atoms with E-state index in [-0.39, 0.29) is 12.5 Å². The van der Waals surface area contributed by atoms with E-state index in [1.807, 2.05) is 19.9 Å². The number of amides is 2. The van der Waals surface area contributed by atoms with Crippen molar-refractivity contribution in [3.05, 3.63) is 17.5 Å². The van der Waals surface area contributed by atoms with Gasteiger partial charge >= 0.3 is 0 Å². The molecule has 0 unspecified atom stereocenters. The third kappa shape index (κ3) is 5.45. The van der Waals surface area contributed by atoms with Gasteiger partial charge in [-0.2, -0.15) is 0 Å². The minimum Gasteiger partial charge on any atom is -0.286 e. The van der Waals surface area contributed by atoms with Crippen LogP contribution in [-0.2, 0) is 9.59 Å². The second-order valence-electron chi connectivity index (χ2n) is 6.40. The van der Waals surface area contributed by atoms with Crippen molar-refractivity contribution in [3.63, 3.8) is 0 Å². The highest BCUT2D eigenvalue weighted by molar-refractivity contribution is 5.80. The number of aryl methyl sites for hydroxylation is 2. The number of nitrogens with one attached hydrogen (secondary N) is 2. The molecule has 1 fully saturated rings. The monoisotopic (exact) mass is 335 g/mol. The van der Waals surface area contributed by atoms with E-state index in [9.17, 15) is 14.8 Å². The van der Waals surface area contributed by atoms with E-state index in [0.717, 1.165) is 24.2 Å². The molecule has 0 spiro atoms. The number of nitrogens with zero attached hydrogens (tertiary/aromatic N) is 3. The molecular formula is C16H25N5O3. The second kappa shape index (κ2) is 8.58. The molecule has 0 radical (unpaired) electrons. The zero-order chi connectivity index (χ0) is 17.5. The van der Waals surface area contributed by atoms with E-state index in [0.29, 0.717) is 29.8 Å². The minimum absolute atomic E-state index is 0.0266. The highest BCUT2D eigenvalue weighted by Crippen LogP contribution is 2.30. The number of anilines is 1. The Morgan fingerprint density at radius 2 is 2.00 bits per heavy atom. The highest BCUT2D eigenvalue weighted by Gasteiger charge is 2.26. The number of hydrazine groups is 1. The maximum absolute atomic E-state index is 12.4. The van der Waals surface area contributed by atoms with Gasteiger partial charge in [0.05, 0.1) is 12.5 Å².